The summed E-state index contributed by atoms with van der Waals surface area (Å²) in [5.41, 5.74) is 2.81. The van der Waals surface area contributed by atoms with Crippen LogP contribution in [0.1, 0.15) is 64.4 Å². The van der Waals surface area contributed by atoms with Crippen molar-refractivity contribution < 1.29 is 0 Å². The molecule has 2 unspecified atom stereocenters. The lowest BCUT2D eigenvalue weighted by molar-refractivity contribution is 0.502. The predicted molar refractivity (Wildman–Crippen MR) is 80.2 cm³/mol. The second-order valence-corrected chi connectivity index (χ2v) is 6.20. The molecular formula is C17H27N. The topological polar surface area (TPSA) is 12.0 Å². The molecule has 1 aliphatic rings. The van der Waals surface area contributed by atoms with Gasteiger partial charge in [-0.15, -0.1) is 0 Å². The highest BCUT2D eigenvalue weighted by Crippen LogP contribution is 2.28. The Morgan fingerprint density at radius 3 is 2.61 bits per heavy atom. The molecule has 1 nitrogen and oxygen atoms in total. The molecule has 0 aliphatic heterocycles. The fourth-order valence-electron chi connectivity index (χ4n) is 2.98. The standard InChI is InChI=1S/C17H27N/c1-13(2)16-9-4-5-10-17(16)18-15-8-6-7-14(3)11-12-15/h4-5,9-10,13-15,18H,6-8,11-12H2,1-3H3. The number of hydrogen-bond acceptors (Lipinski definition) is 1. The van der Waals surface area contributed by atoms with Crippen LogP contribution in [0, 0.1) is 5.92 Å². The fraction of sp³-hybridized carbons (Fsp3) is 0.647. The van der Waals surface area contributed by atoms with Crippen LogP contribution in [0.2, 0.25) is 0 Å². The van der Waals surface area contributed by atoms with Crippen LogP contribution >= 0.6 is 0 Å². The van der Waals surface area contributed by atoms with Crippen molar-refractivity contribution in [2.45, 2.75) is 64.8 Å². The molecular weight excluding hydrogens is 218 g/mol. The highest BCUT2D eigenvalue weighted by Gasteiger charge is 2.17. The van der Waals surface area contributed by atoms with Crippen LogP contribution in [-0.2, 0) is 0 Å². The zero-order valence-corrected chi connectivity index (χ0v) is 12.1. The third kappa shape index (κ3) is 3.51. The molecule has 1 N–H and O–H groups in total. The molecule has 2 rings (SSSR count). The molecule has 0 saturated heterocycles. The van der Waals surface area contributed by atoms with Gasteiger partial charge >= 0.3 is 0 Å². The summed E-state index contributed by atoms with van der Waals surface area (Å²) >= 11 is 0. The molecule has 0 spiro atoms. The molecule has 18 heavy (non-hydrogen) atoms. The maximum Gasteiger partial charge on any atom is 0.0377 e. The molecule has 0 heterocycles. The van der Waals surface area contributed by atoms with Gasteiger partial charge in [0.15, 0.2) is 0 Å². The van der Waals surface area contributed by atoms with Crippen LogP contribution < -0.4 is 5.32 Å². The van der Waals surface area contributed by atoms with Crippen LogP contribution in [0.5, 0.6) is 0 Å². The Kier molecular flexibility index (Phi) is 4.68. The average Bonchev–Trinajstić information content (AvgIpc) is 2.55. The number of rotatable bonds is 3. The van der Waals surface area contributed by atoms with Crippen molar-refractivity contribution in [1.29, 1.82) is 0 Å². The van der Waals surface area contributed by atoms with E-state index in [0.717, 1.165) is 5.92 Å². The highest BCUT2D eigenvalue weighted by molar-refractivity contribution is 5.53. The van der Waals surface area contributed by atoms with Crippen LogP contribution in [-0.4, -0.2) is 6.04 Å². The molecule has 2 atom stereocenters. The summed E-state index contributed by atoms with van der Waals surface area (Å²) in [4.78, 5) is 0. The maximum atomic E-state index is 3.79. The quantitative estimate of drug-likeness (QED) is 0.722. The zero-order chi connectivity index (χ0) is 13.0. The Labute approximate surface area is 112 Å². The lowest BCUT2D eigenvalue weighted by atomic mass is 9.99. The summed E-state index contributed by atoms with van der Waals surface area (Å²) in [5, 5.41) is 3.79. The minimum atomic E-state index is 0.596. The van der Waals surface area contributed by atoms with Gasteiger partial charge in [0.1, 0.15) is 0 Å². The summed E-state index contributed by atoms with van der Waals surface area (Å²) in [6, 6.07) is 9.47. The highest BCUT2D eigenvalue weighted by atomic mass is 14.9. The smallest absolute Gasteiger partial charge is 0.0377 e. The third-order valence-corrected chi connectivity index (χ3v) is 4.20. The van der Waals surface area contributed by atoms with Gasteiger partial charge < -0.3 is 5.32 Å². The van der Waals surface area contributed by atoms with E-state index in [-0.39, 0.29) is 0 Å². The van der Waals surface area contributed by atoms with Crippen molar-refractivity contribution in [2.75, 3.05) is 5.32 Å². The van der Waals surface area contributed by atoms with Gasteiger partial charge in [-0.3, -0.25) is 0 Å². The summed E-state index contributed by atoms with van der Waals surface area (Å²) in [6.45, 7) is 6.94. The van der Waals surface area contributed by atoms with Gasteiger partial charge in [-0.25, -0.2) is 0 Å². The summed E-state index contributed by atoms with van der Waals surface area (Å²) in [7, 11) is 0. The Bertz CT molecular complexity index is 370. The van der Waals surface area contributed by atoms with Crippen molar-refractivity contribution >= 4 is 5.69 Å². The van der Waals surface area contributed by atoms with E-state index in [1.54, 1.807) is 0 Å². The molecule has 1 aromatic rings. The zero-order valence-electron chi connectivity index (χ0n) is 12.1. The monoisotopic (exact) mass is 245 g/mol. The first-order valence-corrected chi connectivity index (χ1v) is 7.52. The molecule has 0 aromatic heterocycles. The van der Waals surface area contributed by atoms with Crippen LogP contribution in [0.15, 0.2) is 24.3 Å². The van der Waals surface area contributed by atoms with E-state index in [1.807, 2.05) is 0 Å². The number of anilines is 1. The lowest BCUT2D eigenvalue weighted by Gasteiger charge is -2.21. The molecule has 0 radical (unpaired) electrons. The van der Waals surface area contributed by atoms with E-state index in [1.165, 1.54) is 43.4 Å². The van der Waals surface area contributed by atoms with Gasteiger partial charge in [0.05, 0.1) is 0 Å². The normalized spacial score (nSPS) is 24.9. The molecule has 0 bridgehead atoms. The molecule has 1 fully saturated rings. The summed E-state index contributed by atoms with van der Waals surface area (Å²) in [5.74, 6) is 1.51. The van der Waals surface area contributed by atoms with E-state index in [0.29, 0.717) is 12.0 Å². The van der Waals surface area contributed by atoms with Gasteiger partial charge in [0.2, 0.25) is 0 Å². The van der Waals surface area contributed by atoms with Gasteiger partial charge in [-0.05, 0) is 42.7 Å². The van der Waals surface area contributed by atoms with Crippen molar-refractivity contribution in [3.05, 3.63) is 29.8 Å². The molecule has 1 saturated carbocycles. The SMILES string of the molecule is CC1CCCC(Nc2ccccc2C(C)C)CC1. The third-order valence-electron chi connectivity index (χ3n) is 4.20. The molecule has 100 valence electrons. The van der Waals surface area contributed by atoms with E-state index in [4.69, 9.17) is 0 Å². The van der Waals surface area contributed by atoms with E-state index < -0.39 is 0 Å². The Morgan fingerprint density at radius 1 is 1.06 bits per heavy atom. The second-order valence-electron chi connectivity index (χ2n) is 6.20. The first kappa shape index (κ1) is 13.5. The number of nitrogens with one attached hydrogen (secondary N) is 1. The van der Waals surface area contributed by atoms with Gasteiger partial charge in [-0.1, -0.05) is 51.8 Å². The van der Waals surface area contributed by atoms with Gasteiger partial charge in [0.25, 0.3) is 0 Å². The number of hydrogen-bond donors (Lipinski definition) is 1. The number of para-hydroxylation sites is 1. The largest absolute Gasteiger partial charge is 0.382 e. The van der Waals surface area contributed by atoms with Crippen molar-refractivity contribution in [3.63, 3.8) is 0 Å². The first-order valence-electron chi connectivity index (χ1n) is 7.52. The Hall–Kier alpha value is -0.980. The van der Waals surface area contributed by atoms with Crippen LogP contribution in [0.4, 0.5) is 5.69 Å². The van der Waals surface area contributed by atoms with Crippen molar-refractivity contribution in [2.24, 2.45) is 5.92 Å². The maximum absolute atomic E-state index is 3.79. The number of benzene rings is 1. The van der Waals surface area contributed by atoms with Crippen LogP contribution in [0.25, 0.3) is 0 Å². The Balaban J connectivity index is 2.04. The molecule has 1 heteroatoms. The second kappa shape index (κ2) is 6.26. The average molecular weight is 245 g/mol. The van der Waals surface area contributed by atoms with E-state index in [9.17, 15) is 0 Å². The molecule has 0 amide bonds. The predicted octanol–water partition coefficient (Wildman–Crippen LogP) is 5.19. The van der Waals surface area contributed by atoms with Crippen molar-refractivity contribution in [3.8, 4) is 0 Å². The Morgan fingerprint density at radius 2 is 1.83 bits per heavy atom. The summed E-state index contributed by atoms with van der Waals surface area (Å²) < 4.78 is 0. The van der Waals surface area contributed by atoms with Crippen LogP contribution in [0.3, 0.4) is 0 Å². The van der Waals surface area contributed by atoms with E-state index >= 15 is 0 Å². The molecule has 1 aromatic carbocycles. The summed E-state index contributed by atoms with van der Waals surface area (Å²) in [6.07, 6.45) is 6.82. The minimum absolute atomic E-state index is 0.596. The van der Waals surface area contributed by atoms with Gasteiger partial charge in [-0.2, -0.15) is 0 Å². The molecule has 1 aliphatic carbocycles. The lowest BCUT2D eigenvalue weighted by Crippen LogP contribution is -2.19. The van der Waals surface area contributed by atoms with Crippen molar-refractivity contribution in [1.82, 2.24) is 0 Å². The van der Waals surface area contributed by atoms with E-state index in [2.05, 4.69) is 50.4 Å². The minimum Gasteiger partial charge on any atom is -0.382 e. The fourth-order valence-corrected chi connectivity index (χ4v) is 2.98. The van der Waals surface area contributed by atoms with Gasteiger partial charge in [0, 0.05) is 11.7 Å². The first-order chi connectivity index (χ1) is 8.66.